The van der Waals surface area contributed by atoms with Crippen LogP contribution in [0.3, 0.4) is 0 Å². The standard InChI is InChI=1S/C18H28N2O/c1-21-15-18(10-5-6-11-18)14-19-16-9-12-20(13-16)17-7-3-2-4-8-17/h2-4,7-8,16,19H,5-6,9-15H2,1H3. The molecule has 3 nitrogen and oxygen atoms in total. The number of rotatable bonds is 6. The second-order valence-corrected chi connectivity index (χ2v) is 6.79. The molecule has 1 atom stereocenters. The summed E-state index contributed by atoms with van der Waals surface area (Å²) in [7, 11) is 1.84. The Balaban J connectivity index is 1.51. The lowest BCUT2D eigenvalue weighted by atomic mass is 9.87. The molecule has 1 saturated heterocycles. The van der Waals surface area contributed by atoms with Gasteiger partial charge in [-0.1, -0.05) is 31.0 Å². The van der Waals surface area contributed by atoms with Crippen molar-refractivity contribution in [2.45, 2.75) is 38.1 Å². The Kier molecular flexibility index (Phi) is 4.81. The number of methoxy groups -OCH3 is 1. The molecule has 0 aromatic heterocycles. The highest BCUT2D eigenvalue weighted by Gasteiger charge is 2.35. The predicted octanol–water partition coefficient (Wildman–Crippen LogP) is 3.06. The molecule has 1 aromatic rings. The normalized spacial score (nSPS) is 24.6. The molecule has 2 fully saturated rings. The van der Waals surface area contributed by atoms with Crippen molar-refractivity contribution >= 4 is 5.69 Å². The molecule has 1 unspecified atom stereocenters. The summed E-state index contributed by atoms with van der Waals surface area (Å²) in [6.07, 6.45) is 6.63. The van der Waals surface area contributed by atoms with Gasteiger partial charge in [-0.25, -0.2) is 0 Å². The van der Waals surface area contributed by atoms with Gasteiger partial charge in [0.15, 0.2) is 0 Å². The summed E-state index contributed by atoms with van der Waals surface area (Å²) >= 11 is 0. The average Bonchev–Trinajstić information content (AvgIpc) is 3.16. The van der Waals surface area contributed by atoms with Crippen LogP contribution in [0.2, 0.25) is 0 Å². The topological polar surface area (TPSA) is 24.5 Å². The van der Waals surface area contributed by atoms with Crippen molar-refractivity contribution in [3.63, 3.8) is 0 Å². The third-order valence-corrected chi connectivity index (χ3v) is 5.19. The molecule has 3 heteroatoms. The molecule has 116 valence electrons. The van der Waals surface area contributed by atoms with E-state index in [-0.39, 0.29) is 0 Å². The Labute approximate surface area is 128 Å². The molecule has 21 heavy (non-hydrogen) atoms. The van der Waals surface area contributed by atoms with Crippen LogP contribution in [0.25, 0.3) is 0 Å². The van der Waals surface area contributed by atoms with E-state index < -0.39 is 0 Å². The first-order valence-electron chi connectivity index (χ1n) is 8.34. The maximum Gasteiger partial charge on any atom is 0.0530 e. The van der Waals surface area contributed by atoms with Crippen molar-refractivity contribution in [2.24, 2.45) is 5.41 Å². The summed E-state index contributed by atoms with van der Waals surface area (Å²) in [5, 5.41) is 3.83. The number of para-hydroxylation sites is 1. The van der Waals surface area contributed by atoms with Gasteiger partial charge >= 0.3 is 0 Å². The highest BCUT2D eigenvalue weighted by atomic mass is 16.5. The van der Waals surface area contributed by atoms with Gasteiger partial charge in [0.05, 0.1) is 6.61 Å². The zero-order valence-electron chi connectivity index (χ0n) is 13.2. The number of nitrogens with zero attached hydrogens (tertiary/aromatic N) is 1. The molecule has 3 rings (SSSR count). The van der Waals surface area contributed by atoms with Gasteiger partial charge in [0, 0.05) is 43.9 Å². The Bertz CT molecular complexity index is 428. The van der Waals surface area contributed by atoms with Gasteiger partial charge in [-0.3, -0.25) is 0 Å². The van der Waals surface area contributed by atoms with Crippen molar-refractivity contribution in [3.8, 4) is 0 Å². The number of anilines is 1. The largest absolute Gasteiger partial charge is 0.384 e. The summed E-state index contributed by atoms with van der Waals surface area (Å²) < 4.78 is 5.48. The van der Waals surface area contributed by atoms with Gasteiger partial charge < -0.3 is 15.0 Å². The minimum absolute atomic E-state index is 0.398. The zero-order chi connectivity index (χ0) is 14.5. The van der Waals surface area contributed by atoms with Gasteiger partial charge in [0.1, 0.15) is 0 Å². The molecule has 1 saturated carbocycles. The van der Waals surface area contributed by atoms with Crippen molar-refractivity contribution < 1.29 is 4.74 Å². The highest BCUT2D eigenvalue weighted by Crippen LogP contribution is 2.38. The average molecular weight is 288 g/mol. The molecule has 1 heterocycles. The smallest absolute Gasteiger partial charge is 0.0530 e. The van der Waals surface area contributed by atoms with Crippen LogP contribution < -0.4 is 10.2 Å². The van der Waals surface area contributed by atoms with Crippen LogP contribution in [0.15, 0.2) is 30.3 Å². The SMILES string of the molecule is COCC1(CNC2CCN(c3ccccc3)C2)CCCC1. The molecule has 2 aliphatic rings. The second kappa shape index (κ2) is 6.80. The lowest BCUT2D eigenvalue weighted by Gasteiger charge is -2.30. The number of hydrogen-bond donors (Lipinski definition) is 1. The van der Waals surface area contributed by atoms with Gasteiger partial charge in [0.2, 0.25) is 0 Å². The Hall–Kier alpha value is -1.06. The third kappa shape index (κ3) is 3.58. The van der Waals surface area contributed by atoms with E-state index >= 15 is 0 Å². The molecule has 1 N–H and O–H groups in total. The Morgan fingerprint density at radius 2 is 2.00 bits per heavy atom. The van der Waals surface area contributed by atoms with E-state index in [0.29, 0.717) is 11.5 Å². The van der Waals surface area contributed by atoms with E-state index in [0.717, 1.165) is 19.7 Å². The minimum Gasteiger partial charge on any atom is -0.384 e. The highest BCUT2D eigenvalue weighted by molar-refractivity contribution is 5.47. The monoisotopic (exact) mass is 288 g/mol. The van der Waals surface area contributed by atoms with Crippen LogP contribution in [0, 0.1) is 5.41 Å². The maximum atomic E-state index is 5.48. The Morgan fingerprint density at radius 3 is 2.71 bits per heavy atom. The second-order valence-electron chi connectivity index (χ2n) is 6.79. The van der Waals surface area contributed by atoms with Gasteiger partial charge in [-0.2, -0.15) is 0 Å². The van der Waals surface area contributed by atoms with Gasteiger partial charge in [0.25, 0.3) is 0 Å². The van der Waals surface area contributed by atoms with E-state index in [1.807, 2.05) is 7.11 Å². The number of benzene rings is 1. The van der Waals surface area contributed by atoms with Crippen molar-refractivity contribution in [1.82, 2.24) is 5.32 Å². The molecule has 1 aliphatic heterocycles. The summed E-state index contributed by atoms with van der Waals surface area (Å²) in [6, 6.07) is 11.4. The fraction of sp³-hybridized carbons (Fsp3) is 0.667. The molecule has 0 bridgehead atoms. The third-order valence-electron chi connectivity index (χ3n) is 5.19. The summed E-state index contributed by atoms with van der Waals surface area (Å²) in [5.41, 5.74) is 1.75. The van der Waals surface area contributed by atoms with E-state index in [2.05, 4.69) is 40.5 Å². The summed E-state index contributed by atoms with van der Waals surface area (Å²) in [5.74, 6) is 0. The first-order chi connectivity index (χ1) is 10.3. The summed E-state index contributed by atoms with van der Waals surface area (Å²) in [6.45, 7) is 4.33. The summed E-state index contributed by atoms with van der Waals surface area (Å²) in [4.78, 5) is 2.50. The molecule has 1 aliphatic carbocycles. The number of ether oxygens (including phenoxy) is 1. The van der Waals surface area contributed by atoms with E-state index in [1.165, 1.54) is 44.3 Å². The maximum absolute atomic E-state index is 5.48. The fourth-order valence-electron chi connectivity index (χ4n) is 3.96. The van der Waals surface area contributed by atoms with Crippen LogP contribution in [0.4, 0.5) is 5.69 Å². The van der Waals surface area contributed by atoms with E-state index in [4.69, 9.17) is 4.74 Å². The molecule has 0 amide bonds. The van der Waals surface area contributed by atoms with E-state index in [9.17, 15) is 0 Å². The predicted molar refractivity (Wildman–Crippen MR) is 87.8 cm³/mol. The lowest BCUT2D eigenvalue weighted by molar-refractivity contribution is 0.0808. The fourth-order valence-corrected chi connectivity index (χ4v) is 3.96. The van der Waals surface area contributed by atoms with Crippen LogP contribution in [0.5, 0.6) is 0 Å². The van der Waals surface area contributed by atoms with Crippen molar-refractivity contribution in [1.29, 1.82) is 0 Å². The number of hydrogen-bond acceptors (Lipinski definition) is 3. The lowest BCUT2D eigenvalue weighted by Crippen LogP contribution is -2.42. The van der Waals surface area contributed by atoms with Crippen LogP contribution in [-0.4, -0.2) is 39.4 Å². The first-order valence-corrected chi connectivity index (χ1v) is 8.34. The van der Waals surface area contributed by atoms with E-state index in [1.54, 1.807) is 0 Å². The minimum atomic E-state index is 0.398. The molecule has 1 aromatic carbocycles. The molecule has 0 radical (unpaired) electrons. The van der Waals surface area contributed by atoms with Gasteiger partial charge in [-0.15, -0.1) is 0 Å². The van der Waals surface area contributed by atoms with Crippen LogP contribution in [-0.2, 0) is 4.74 Å². The molecular formula is C18H28N2O. The number of nitrogens with one attached hydrogen (secondary N) is 1. The van der Waals surface area contributed by atoms with Crippen LogP contribution >= 0.6 is 0 Å². The quantitative estimate of drug-likeness (QED) is 0.870. The van der Waals surface area contributed by atoms with Crippen molar-refractivity contribution in [3.05, 3.63) is 30.3 Å². The zero-order valence-corrected chi connectivity index (χ0v) is 13.2. The first kappa shape index (κ1) is 14.9. The van der Waals surface area contributed by atoms with Crippen LogP contribution in [0.1, 0.15) is 32.1 Å². The Morgan fingerprint density at radius 1 is 1.24 bits per heavy atom. The van der Waals surface area contributed by atoms with Crippen molar-refractivity contribution in [2.75, 3.05) is 38.3 Å². The molecule has 0 spiro atoms. The molecular weight excluding hydrogens is 260 g/mol. The van der Waals surface area contributed by atoms with Gasteiger partial charge in [-0.05, 0) is 31.4 Å².